The predicted molar refractivity (Wildman–Crippen MR) is 29.9 cm³/mol. The van der Waals surface area contributed by atoms with E-state index >= 15 is 0 Å². The van der Waals surface area contributed by atoms with Crippen LogP contribution in [0.1, 0.15) is 13.8 Å². The standard InChI is InChI=1S/C5H13NO/c1-4(3-6)5(2)7/h4-5,7H,3,6H2,1-2H3/t4-,5-/m1/s1. The van der Waals surface area contributed by atoms with Crippen LogP contribution in [-0.2, 0) is 0 Å². The van der Waals surface area contributed by atoms with E-state index in [4.69, 9.17) is 10.8 Å². The average molecular weight is 103 g/mol. The molecule has 0 unspecified atom stereocenters. The Bertz CT molecular complexity index is 45.3. The van der Waals surface area contributed by atoms with Crippen molar-refractivity contribution in [3.8, 4) is 0 Å². The maximum Gasteiger partial charge on any atom is 0.0549 e. The molecule has 3 N–H and O–H groups in total. The van der Waals surface area contributed by atoms with Crippen LogP contribution in [-0.4, -0.2) is 17.8 Å². The first-order valence-corrected chi connectivity index (χ1v) is 2.56. The minimum atomic E-state index is -0.259. The molecule has 0 aliphatic carbocycles. The molecular formula is C5H13NO. The molecule has 0 fully saturated rings. The highest BCUT2D eigenvalue weighted by Crippen LogP contribution is 1.96. The van der Waals surface area contributed by atoms with Gasteiger partial charge in [0.25, 0.3) is 0 Å². The Morgan fingerprint density at radius 3 is 2.00 bits per heavy atom. The van der Waals surface area contributed by atoms with Gasteiger partial charge in [-0.25, -0.2) is 0 Å². The molecule has 0 heterocycles. The van der Waals surface area contributed by atoms with E-state index in [1.165, 1.54) is 0 Å². The minimum absolute atomic E-state index is 0.236. The SMILES string of the molecule is C[C@H](CN)[C@@H](C)O. The first kappa shape index (κ1) is 6.92. The molecule has 0 rings (SSSR count). The van der Waals surface area contributed by atoms with Crippen LogP contribution in [0.4, 0.5) is 0 Å². The van der Waals surface area contributed by atoms with E-state index < -0.39 is 0 Å². The Kier molecular flexibility index (Phi) is 2.96. The maximum atomic E-state index is 8.74. The first-order chi connectivity index (χ1) is 3.18. The fourth-order valence-electron chi connectivity index (χ4n) is 0.197. The topological polar surface area (TPSA) is 46.2 Å². The van der Waals surface area contributed by atoms with Crippen LogP contribution in [0.2, 0.25) is 0 Å². The molecule has 0 saturated heterocycles. The molecule has 2 heteroatoms. The summed E-state index contributed by atoms with van der Waals surface area (Å²) in [5.74, 6) is 0.236. The van der Waals surface area contributed by atoms with E-state index in [0.29, 0.717) is 6.54 Å². The van der Waals surface area contributed by atoms with Crippen LogP contribution in [0.3, 0.4) is 0 Å². The smallest absolute Gasteiger partial charge is 0.0549 e. The first-order valence-electron chi connectivity index (χ1n) is 2.56. The van der Waals surface area contributed by atoms with Gasteiger partial charge < -0.3 is 10.8 Å². The summed E-state index contributed by atoms with van der Waals surface area (Å²) in [6.45, 7) is 4.24. The monoisotopic (exact) mass is 103 g/mol. The summed E-state index contributed by atoms with van der Waals surface area (Å²) in [5, 5.41) is 8.74. The molecule has 0 spiro atoms. The number of hydrogen-bond acceptors (Lipinski definition) is 2. The van der Waals surface area contributed by atoms with Crippen LogP contribution in [0.25, 0.3) is 0 Å². The highest BCUT2D eigenvalue weighted by molar-refractivity contribution is 4.57. The third-order valence-corrected chi connectivity index (χ3v) is 1.20. The summed E-state index contributed by atoms with van der Waals surface area (Å²) in [5.41, 5.74) is 5.21. The summed E-state index contributed by atoms with van der Waals surface area (Å²) in [6, 6.07) is 0. The average Bonchev–Trinajstić information content (AvgIpc) is 1.65. The zero-order valence-electron chi connectivity index (χ0n) is 4.89. The highest BCUT2D eigenvalue weighted by atomic mass is 16.3. The zero-order valence-corrected chi connectivity index (χ0v) is 4.89. The molecule has 0 saturated carbocycles. The quantitative estimate of drug-likeness (QED) is 0.515. The van der Waals surface area contributed by atoms with E-state index in [2.05, 4.69) is 0 Å². The number of nitrogens with two attached hydrogens (primary N) is 1. The lowest BCUT2D eigenvalue weighted by atomic mass is 10.1. The number of hydrogen-bond donors (Lipinski definition) is 2. The van der Waals surface area contributed by atoms with Gasteiger partial charge in [-0.15, -0.1) is 0 Å². The predicted octanol–water partition coefficient (Wildman–Crippen LogP) is -0.0380. The normalized spacial score (nSPS) is 18.9. The maximum absolute atomic E-state index is 8.74. The third-order valence-electron chi connectivity index (χ3n) is 1.20. The van der Waals surface area contributed by atoms with Crippen LogP contribution >= 0.6 is 0 Å². The molecule has 0 aromatic carbocycles. The molecule has 0 aromatic rings. The van der Waals surface area contributed by atoms with Gasteiger partial charge in [-0.1, -0.05) is 6.92 Å². The van der Waals surface area contributed by atoms with Crippen molar-refractivity contribution in [2.45, 2.75) is 20.0 Å². The van der Waals surface area contributed by atoms with Gasteiger partial charge in [0.1, 0.15) is 0 Å². The second-order valence-corrected chi connectivity index (χ2v) is 1.95. The van der Waals surface area contributed by atoms with Gasteiger partial charge in [0, 0.05) is 0 Å². The van der Waals surface area contributed by atoms with Crippen molar-refractivity contribution in [2.24, 2.45) is 11.7 Å². The lowest BCUT2D eigenvalue weighted by Crippen LogP contribution is -2.21. The van der Waals surface area contributed by atoms with Gasteiger partial charge >= 0.3 is 0 Å². The lowest BCUT2D eigenvalue weighted by molar-refractivity contribution is 0.139. The van der Waals surface area contributed by atoms with Crippen molar-refractivity contribution in [1.29, 1.82) is 0 Å². The van der Waals surface area contributed by atoms with Crippen molar-refractivity contribution < 1.29 is 5.11 Å². The fraction of sp³-hybridized carbons (Fsp3) is 1.00. The minimum Gasteiger partial charge on any atom is -0.393 e. The number of aliphatic hydroxyl groups excluding tert-OH is 1. The Morgan fingerprint density at radius 1 is 1.57 bits per heavy atom. The second kappa shape index (κ2) is 2.99. The molecular weight excluding hydrogens is 90.1 g/mol. The van der Waals surface area contributed by atoms with Crippen molar-refractivity contribution in [2.75, 3.05) is 6.54 Å². The molecule has 0 aromatic heterocycles. The largest absolute Gasteiger partial charge is 0.393 e. The Balaban J connectivity index is 3.14. The summed E-state index contributed by atoms with van der Waals surface area (Å²) >= 11 is 0. The van der Waals surface area contributed by atoms with E-state index in [9.17, 15) is 0 Å². The Morgan fingerprint density at radius 2 is 2.00 bits per heavy atom. The molecule has 0 amide bonds. The highest BCUT2D eigenvalue weighted by Gasteiger charge is 2.03. The second-order valence-electron chi connectivity index (χ2n) is 1.95. The van der Waals surface area contributed by atoms with Gasteiger partial charge in [0.2, 0.25) is 0 Å². The Labute approximate surface area is 44.3 Å². The van der Waals surface area contributed by atoms with Gasteiger partial charge in [-0.2, -0.15) is 0 Å². The van der Waals surface area contributed by atoms with Gasteiger partial charge in [-0.3, -0.25) is 0 Å². The summed E-state index contributed by atoms with van der Waals surface area (Å²) < 4.78 is 0. The molecule has 0 bridgehead atoms. The van der Waals surface area contributed by atoms with Crippen LogP contribution in [0.15, 0.2) is 0 Å². The number of rotatable bonds is 2. The van der Waals surface area contributed by atoms with Crippen LogP contribution < -0.4 is 5.73 Å². The summed E-state index contributed by atoms with van der Waals surface area (Å²) in [6.07, 6.45) is -0.259. The van der Waals surface area contributed by atoms with Gasteiger partial charge in [-0.05, 0) is 19.4 Å². The molecule has 0 aliphatic heterocycles. The summed E-state index contributed by atoms with van der Waals surface area (Å²) in [7, 11) is 0. The Hall–Kier alpha value is -0.0800. The molecule has 44 valence electrons. The molecule has 0 aliphatic rings. The van der Waals surface area contributed by atoms with Crippen molar-refractivity contribution in [1.82, 2.24) is 0 Å². The summed E-state index contributed by atoms with van der Waals surface area (Å²) in [4.78, 5) is 0. The van der Waals surface area contributed by atoms with E-state index in [1.54, 1.807) is 6.92 Å². The molecule has 2 nitrogen and oxygen atoms in total. The molecule has 0 radical (unpaired) electrons. The molecule has 7 heavy (non-hydrogen) atoms. The van der Waals surface area contributed by atoms with E-state index in [0.717, 1.165) is 0 Å². The zero-order chi connectivity index (χ0) is 5.86. The van der Waals surface area contributed by atoms with E-state index in [-0.39, 0.29) is 12.0 Å². The lowest BCUT2D eigenvalue weighted by Gasteiger charge is -2.09. The van der Waals surface area contributed by atoms with E-state index in [1.807, 2.05) is 6.92 Å². The van der Waals surface area contributed by atoms with Gasteiger partial charge in [0.05, 0.1) is 6.10 Å². The van der Waals surface area contributed by atoms with Crippen molar-refractivity contribution >= 4 is 0 Å². The fourth-order valence-corrected chi connectivity index (χ4v) is 0.197. The van der Waals surface area contributed by atoms with Gasteiger partial charge in [0.15, 0.2) is 0 Å². The third kappa shape index (κ3) is 2.60. The van der Waals surface area contributed by atoms with Crippen LogP contribution in [0, 0.1) is 5.92 Å². The molecule has 2 atom stereocenters. The van der Waals surface area contributed by atoms with Crippen LogP contribution in [0.5, 0.6) is 0 Å². The van der Waals surface area contributed by atoms with Crippen molar-refractivity contribution in [3.63, 3.8) is 0 Å². The van der Waals surface area contributed by atoms with Crippen molar-refractivity contribution in [3.05, 3.63) is 0 Å². The number of aliphatic hydroxyl groups is 1.